The van der Waals surface area contributed by atoms with Crippen LogP contribution in [0.15, 0.2) is 42.5 Å². The van der Waals surface area contributed by atoms with E-state index >= 15 is 0 Å². The second-order valence-electron chi connectivity index (χ2n) is 4.94. The Labute approximate surface area is 119 Å². The molecule has 0 saturated carbocycles. The minimum Gasteiger partial charge on any atom is -0.396 e. The molecule has 2 rings (SSSR count). The SMILES string of the molecule is Cc1ccc(CN(C)c2cccc(C(N)=O)c2N)cc1. The number of carbonyl (C=O) groups is 1. The highest BCUT2D eigenvalue weighted by molar-refractivity contribution is 6.00. The van der Waals surface area contributed by atoms with Crippen LogP contribution in [-0.2, 0) is 6.54 Å². The minimum atomic E-state index is -0.506. The maximum atomic E-state index is 11.3. The van der Waals surface area contributed by atoms with E-state index in [4.69, 9.17) is 11.5 Å². The van der Waals surface area contributed by atoms with Gasteiger partial charge in [-0.1, -0.05) is 35.9 Å². The third kappa shape index (κ3) is 2.91. The highest BCUT2D eigenvalue weighted by Gasteiger charge is 2.12. The predicted octanol–water partition coefficient (Wildman–Crippen LogP) is 2.31. The van der Waals surface area contributed by atoms with Crippen molar-refractivity contribution in [2.75, 3.05) is 17.7 Å². The molecule has 4 nitrogen and oxygen atoms in total. The number of primary amides is 1. The lowest BCUT2D eigenvalue weighted by atomic mass is 10.1. The van der Waals surface area contributed by atoms with Crippen LogP contribution in [0.2, 0.25) is 0 Å². The number of carbonyl (C=O) groups excluding carboxylic acids is 1. The average Bonchev–Trinajstić information content (AvgIpc) is 2.41. The summed E-state index contributed by atoms with van der Waals surface area (Å²) in [6.45, 7) is 2.77. The van der Waals surface area contributed by atoms with Gasteiger partial charge in [-0.05, 0) is 24.6 Å². The summed E-state index contributed by atoms with van der Waals surface area (Å²) < 4.78 is 0. The summed E-state index contributed by atoms with van der Waals surface area (Å²) in [4.78, 5) is 13.3. The molecule has 0 fully saturated rings. The number of hydrogen-bond acceptors (Lipinski definition) is 3. The molecule has 4 heteroatoms. The molecular formula is C16H19N3O. The van der Waals surface area contributed by atoms with E-state index in [2.05, 4.69) is 31.2 Å². The van der Waals surface area contributed by atoms with Crippen LogP contribution in [0.4, 0.5) is 11.4 Å². The fourth-order valence-corrected chi connectivity index (χ4v) is 2.15. The van der Waals surface area contributed by atoms with Crippen molar-refractivity contribution < 1.29 is 4.79 Å². The number of nitrogens with two attached hydrogens (primary N) is 2. The summed E-state index contributed by atoms with van der Waals surface area (Å²) in [6, 6.07) is 13.6. The number of aryl methyl sites for hydroxylation is 1. The number of nitrogen functional groups attached to an aromatic ring is 1. The van der Waals surface area contributed by atoms with Crippen LogP contribution in [0.1, 0.15) is 21.5 Å². The Morgan fingerprint density at radius 1 is 1.15 bits per heavy atom. The van der Waals surface area contributed by atoms with Gasteiger partial charge in [0.05, 0.1) is 16.9 Å². The van der Waals surface area contributed by atoms with E-state index in [1.54, 1.807) is 12.1 Å². The normalized spacial score (nSPS) is 10.3. The van der Waals surface area contributed by atoms with Gasteiger partial charge in [-0.15, -0.1) is 0 Å². The maximum Gasteiger partial charge on any atom is 0.250 e. The fraction of sp³-hybridized carbons (Fsp3) is 0.188. The van der Waals surface area contributed by atoms with Gasteiger partial charge in [0.25, 0.3) is 5.91 Å². The largest absolute Gasteiger partial charge is 0.396 e. The summed E-state index contributed by atoms with van der Waals surface area (Å²) in [5, 5.41) is 0. The first kappa shape index (κ1) is 13.9. The minimum absolute atomic E-state index is 0.359. The molecule has 0 atom stereocenters. The third-order valence-electron chi connectivity index (χ3n) is 3.30. The number of benzene rings is 2. The van der Waals surface area contributed by atoms with Gasteiger partial charge in [-0.3, -0.25) is 4.79 Å². The van der Waals surface area contributed by atoms with Gasteiger partial charge >= 0.3 is 0 Å². The summed E-state index contributed by atoms with van der Waals surface area (Å²) in [5.74, 6) is -0.506. The van der Waals surface area contributed by atoms with Crippen LogP contribution < -0.4 is 16.4 Å². The number of rotatable bonds is 4. The van der Waals surface area contributed by atoms with Gasteiger partial charge in [0.15, 0.2) is 0 Å². The summed E-state index contributed by atoms with van der Waals surface area (Å²) in [7, 11) is 1.94. The van der Waals surface area contributed by atoms with E-state index in [0.717, 1.165) is 5.69 Å². The highest BCUT2D eigenvalue weighted by atomic mass is 16.1. The van der Waals surface area contributed by atoms with Crippen molar-refractivity contribution in [1.82, 2.24) is 0 Å². The molecule has 0 unspecified atom stereocenters. The lowest BCUT2D eigenvalue weighted by molar-refractivity contribution is 0.100. The average molecular weight is 269 g/mol. The van der Waals surface area contributed by atoms with Crippen molar-refractivity contribution in [3.8, 4) is 0 Å². The first-order chi connectivity index (χ1) is 9.49. The Bertz CT molecular complexity index is 620. The van der Waals surface area contributed by atoms with Crippen molar-refractivity contribution in [3.05, 3.63) is 59.2 Å². The van der Waals surface area contributed by atoms with E-state index in [-0.39, 0.29) is 0 Å². The zero-order chi connectivity index (χ0) is 14.7. The molecule has 0 aliphatic rings. The molecule has 104 valence electrons. The zero-order valence-electron chi connectivity index (χ0n) is 11.8. The Kier molecular flexibility index (Phi) is 3.94. The van der Waals surface area contributed by atoms with Crippen LogP contribution in [0.3, 0.4) is 0 Å². The number of anilines is 2. The first-order valence-electron chi connectivity index (χ1n) is 6.44. The smallest absolute Gasteiger partial charge is 0.250 e. The summed E-state index contributed by atoms with van der Waals surface area (Å²) in [6.07, 6.45) is 0. The molecule has 4 N–H and O–H groups in total. The molecule has 2 aromatic rings. The Morgan fingerprint density at radius 2 is 1.80 bits per heavy atom. The lowest BCUT2D eigenvalue weighted by Gasteiger charge is -2.22. The number of hydrogen-bond donors (Lipinski definition) is 2. The molecule has 0 heterocycles. The van der Waals surface area contributed by atoms with Gasteiger partial charge in [0.2, 0.25) is 0 Å². The monoisotopic (exact) mass is 269 g/mol. The molecule has 0 aliphatic carbocycles. The third-order valence-corrected chi connectivity index (χ3v) is 3.30. The number of para-hydroxylation sites is 1. The number of nitrogens with zero attached hydrogens (tertiary/aromatic N) is 1. The molecule has 0 aromatic heterocycles. The van der Waals surface area contributed by atoms with E-state index in [1.165, 1.54) is 11.1 Å². The quantitative estimate of drug-likeness (QED) is 0.837. The van der Waals surface area contributed by atoms with Gasteiger partial charge < -0.3 is 16.4 Å². The Morgan fingerprint density at radius 3 is 2.40 bits per heavy atom. The number of amides is 1. The zero-order valence-corrected chi connectivity index (χ0v) is 11.8. The van der Waals surface area contributed by atoms with Crippen LogP contribution in [0.5, 0.6) is 0 Å². The van der Waals surface area contributed by atoms with Crippen molar-refractivity contribution in [2.24, 2.45) is 5.73 Å². The van der Waals surface area contributed by atoms with Gasteiger partial charge in [-0.2, -0.15) is 0 Å². The van der Waals surface area contributed by atoms with Crippen LogP contribution >= 0.6 is 0 Å². The van der Waals surface area contributed by atoms with Crippen LogP contribution in [0, 0.1) is 6.92 Å². The first-order valence-corrected chi connectivity index (χ1v) is 6.44. The van der Waals surface area contributed by atoms with E-state index in [9.17, 15) is 4.79 Å². The van der Waals surface area contributed by atoms with Crippen molar-refractivity contribution >= 4 is 17.3 Å². The van der Waals surface area contributed by atoms with Crippen molar-refractivity contribution in [1.29, 1.82) is 0 Å². The molecule has 0 bridgehead atoms. The second kappa shape index (κ2) is 5.65. The standard InChI is InChI=1S/C16H19N3O/c1-11-6-8-12(9-7-11)10-19(2)14-5-3-4-13(15(14)17)16(18)20/h3-9H,10,17H2,1-2H3,(H2,18,20). The molecule has 0 spiro atoms. The Balaban J connectivity index is 2.25. The summed E-state index contributed by atoms with van der Waals surface area (Å²) in [5.41, 5.74) is 15.3. The lowest BCUT2D eigenvalue weighted by Crippen LogP contribution is -2.20. The van der Waals surface area contributed by atoms with Crippen LogP contribution in [-0.4, -0.2) is 13.0 Å². The van der Waals surface area contributed by atoms with Crippen molar-refractivity contribution in [2.45, 2.75) is 13.5 Å². The van der Waals surface area contributed by atoms with E-state index < -0.39 is 5.91 Å². The van der Waals surface area contributed by atoms with Gasteiger partial charge in [0, 0.05) is 13.6 Å². The fourth-order valence-electron chi connectivity index (χ4n) is 2.15. The molecule has 0 saturated heterocycles. The molecule has 1 amide bonds. The van der Waals surface area contributed by atoms with E-state index in [0.29, 0.717) is 17.8 Å². The van der Waals surface area contributed by atoms with Gasteiger partial charge in [0.1, 0.15) is 0 Å². The molecule has 0 aliphatic heterocycles. The molecule has 0 radical (unpaired) electrons. The second-order valence-corrected chi connectivity index (χ2v) is 4.94. The van der Waals surface area contributed by atoms with Crippen LogP contribution in [0.25, 0.3) is 0 Å². The molecular weight excluding hydrogens is 250 g/mol. The molecule has 20 heavy (non-hydrogen) atoms. The van der Waals surface area contributed by atoms with E-state index in [1.807, 2.05) is 18.0 Å². The Hall–Kier alpha value is -2.49. The summed E-state index contributed by atoms with van der Waals surface area (Å²) >= 11 is 0. The highest BCUT2D eigenvalue weighted by Crippen LogP contribution is 2.26. The molecule has 2 aromatic carbocycles. The van der Waals surface area contributed by atoms with Crippen molar-refractivity contribution in [3.63, 3.8) is 0 Å². The maximum absolute atomic E-state index is 11.3. The predicted molar refractivity (Wildman–Crippen MR) is 82.7 cm³/mol. The van der Waals surface area contributed by atoms with Gasteiger partial charge in [-0.25, -0.2) is 0 Å². The topological polar surface area (TPSA) is 72.3 Å².